The number of hydrogen-bond donors (Lipinski definition) is 0. The van der Waals surface area contributed by atoms with Crippen LogP contribution in [0.3, 0.4) is 0 Å². The molecule has 1 rings (SSSR count). The van der Waals surface area contributed by atoms with Crippen molar-refractivity contribution in [2.24, 2.45) is 0 Å². The van der Waals surface area contributed by atoms with Gasteiger partial charge in [0.2, 0.25) is 0 Å². The van der Waals surface area contributed by atoms with Gasteiger partial charge in [-0.05, 0) is 24.5 Å². The highest BCUT2D eigenvalue weighted by molar-refractivity contribution is 5.76. The summed E-state index contributed by atoms with van der Waals surface area (Å²) in [7, 11) is 0. The SMILES string of the molecule is C/C=C(\C#N)c1ccc(CC)cc1. The summed E-state index contributed by atoms with van der Waals surface area (Å²) in [5.74, 6) is 0. The molecule has 0 N–H and O–H groups in total. The van der Waals surface area contributed by atoms with Gasteiger partial charge >= 0.3 is 0 Å². The molecule has 1 heteroatoms. The molecule has 0 aliphatic carbocycles. The molecular weight excluding hydrogens is 158 g/mol. The fourth-order valence-corrected chi connectivity index (χ4v) is 1.22. The van der Waals surface area contributed by atoms with E-state index in [-0.39, 0.29) is 0 Å². The summed E-state index contributed by atoms with van der Waals surface area (Å²) in [5.41, 5.74) is 3.04. The highest BCUT2D eigenvalue weighted by Gasteiger charge is 1.97. The number of aryl methyl sites for hydroxylation is 1. The highest BCUT2D eigenvalue weighted by atomic mass is 14.2. The maximum absolute atomic E-state index is 8.79. The van der Waals surface area contributed by atoms with E-state index < -0.39 is 0 Å². The van der Waals surface area contributed by atoms with Gasteiger partial charge in [0, 0.05) is 0 Å². The van der Waals surface area contributed by atoms with E-state index in [4.69, 9.17) is 5.26 Å². The lowest BCUT2D eigenvalue weighted by molar-refractivity contribution is 1.14. The van der Waals surface area contributed by atoms with Crippen LogP contribution in [0.25, 0.3) is 5.57 Å². The van der Waals surface area contributed by atoms with Gasteiger partial charge in [0.25, 0.3) is 0 Å². The molecule has 13 heavy (non-hydrogen) atoms. The zero-order chi connectivity index (χ0) is 9.68. The Hall–Kier alpha value is -1.55. The minimum Gasteiger partial charge on any atom is -0.192 e. The summed E-state index contributed by atoms with van der Waals surface area (Å²) in [6, 6.07) is 10.3. The Labute approximate surface area is 79.3 Å². The van der Waals surface area contributed by atoms with Crippen molar-refractivity contribution < 1.29 is 0 Å². The fraction of sp³-hybridized carbons (Fsp3) is 0.250. The molecule has 0 amide bonds. The molecule has 1 aromatic rings. The van der Waals surface area contributed by atoms with Gasteiger partial charge in [0.15, 0.2) is 0 Å². The van der Waals surface area contributed by atoms with Crippen molar-refractivity contribution in [2.45, 2.75) is 20.3 Å². The molecule has 1 nitrogen and oxygen atoms in total. The summed E-state index contributed by atoms with van der Waals surface area (Å²) in [5, 5.41) is 8.79. The molecule has 1 aromatic carbocycles. The van der Waals surface area contributed by atoms with Crippen LogP contribution in [0.4, 0.5) is 0 Å². The third-order valence-electron chi connectivity index (χ3n) is 2.08. The first-order chi connectivity index (χ1) is 6.31. The van der Waals surface area contributed by atoms with Crippen molar-refractivity contribution in [2.75, 3.05) is 0 Å². The molecule has 0 aliphatic rings. The van der Waals surface area contributed by atoms with Crippen molar-refractivity contribution >= 4 is 5.57 Å². The molecular formula is C12H13N. The van der Waals surface area contributed by atoms with E-state index in [1.54, 1.807) is 0 Å². The topological polar surface area (TPSA) is 23.8 Å². The second kappa shape index (κ2) is 4.47. The second-order valence-corrected chi connectivity index (χ2v) is 2.86. The van der Waals surface area contributed by atoms with E-state index in [1.165, 1.54) is 5.56 Å². The minimum atomic E-state index is 0.739. The molecule has 0 aliphatic heterocycles. The van der Waals surface area contributed by atoms with Crippen molar-refractivity contribution in [3.63, 3.8) is 0 Å². The van der Waals surface area contributed by atoms with Crippen LogP contribution in [0, 0.1) is 11.3 Å². The largest absolute Gasteiger partial charge is 0.192 e. The number of allylic oxidation sites excluding steroid dienone is 2. The monoisotopic (exact) mass is 171 g/mol. The second-order valence-electron chi connectivity index (χ2n) is 2.86. The number of nitrogens with zero attached hydrogens (tertiary/aromatic N) is 1. The average molecular weight is 171 g/mol. The van der Waals surface area contributed by atoms with Crippen molar-refractivity contribution in [1.82, 2.24) is 0 Å². The van der Waals surface area contributed by atoms with Crippen molar-refractivity contribution in [3.8, 4) is 6.07 Å². The average Bonchev–Trinajstić information content (AvgIpc) is 2.21. The summed E-state index contributed by atoms with van der Waals surface area (Å²) in [6.45, 7) is 4.00. The lowest BCUT2D eigenvalue weighted by atomic mass is 10.0. The Balaban J connectivity index is 3.00. The molecule has 0 unspecified atom stereocenters. The zero-order valence-corrected chi connectivity index (χ0v) is 8.04. The third kappa shape index (κ3) is 2.19. The Morgan fingerprint density at radius 3 is 2.38 bits per heavy atom. The third-order valence-corrected chi connectivity index (χ3v) is 2.08. The molecule has 0 spiro atoms. The predicted molar refractivity (Wildman–Crippen MR) is 55.1 cm³/mol. The first-order valence-corrected chi connectivity index (χ1v) is 4.47. The Morgan fingerprint density at radius 1 is 1.38 bits per heavy atom. The number of benzene rings is 1. The molecule has 0 radical (unpaired) electrons. The Bertz CT molecular complexity index is 338. The van der Waals surface area contributed by atoms with E-state index in [9.17, 15) is 0 Å². The van der Waals surface area contributed by atoms with Gasteiger partial charge in [0.05, 0.1) is 11.6 Å². The van der Waals surface area contributed by atoms with Gasteiger partial charge < -0.3 is 0 Å². The van der Waals surface area contributed by atoms with Crippen molar-refractivity contribution in [1.29, 1.82) is 5.26 Å². The van der Waals surface area contributed by atoms with Crippen LogP contribution in [-0.4, -0.2) is 0 Å². The molecule has 0 aromatic heterocycles. The molecule has 0 atom stereocenters. The predicted octanol–water partition coefficient (Wildman–Crippen LogP) is 3.18. The Morgan fingerprint density at radius 2 is 2.00 bits per heavy atom. The summed E-state index contributed by atoms with van der Waals surface area (Å²) in [6.07, 6.45) is 2.87. The first-order valence-electron chi connectivity index (χ1n) is 4.47. The van der Waals surface area contributed by atoms with Crippen LogP contribution >= 0.6 is 0 Å². The minimum absolute atomic E-state index is 0.739. The van der Waals surface area contributed by atoms with Gasteiger partial charge in [0.1, 0.15) is 0 Å². The fourth-order valence-electron chi connectivity index (χ4n) is 1.22. The van der Waals surface area contributed by atoms with E-state index in [1.807, 2.05) is 25.1 Å². The van der Waals surface area contributed by atoms with Gasteiger partial charge in [-0.15, -0.1) is 0 Å². The molecule has 0 saturated carbocycles. The van der Waals surface area contributed by atoms with E-state index in [2.05, 4.69) is 25.1 Å². The van der Waals surface area contributed by atoms with Gasteiger partial charge in [-0.25, -0.2) is 0 Å². The molecule has 0 saturated heterocycles. The standard InChI is InChI=1S/C12H13N/c1-3-10-5-7-12(8-6-10)11(4-2)9-13/h4-8H,3H2,1-2H3/b11-4+. The Kier molecular flexibility index (Phi) is 3.28. The van der Waals surface area contributed by atoms with Crippen LogP contribution in [0.5, 0.6) is 0 Å². The zero-order valence-electron chi connectivity index (χ0n) is 8.04. The van der Waals surface area contributed by atoms with Crippen LogP contribution in [-0.2, 0) is 6.42 Å². The maximum Gasteiger partial charge on any atom is 0.0994 e. The van der Waals surface area contributed by atoms with E-state index in [0.717, 1.165) is 17.6 Å². The molecule has 66 valence electrons. The lowest BCUT2D eigenvalue weighted by Crippen LogP contribution is -1.83. The van der Waals surface area contributed by atoms with Gasteiger partial charge in [-0.1, -0.05) is 37.3 Å². The smallest absolute Gasteiger partial charge is 0.0994 e. The summed E-state index contributed by atoms with van der Waals surface area (Å²) < 4.78 is 0. The van der Waals surface area contributed by atoms with Crippen LogP contribution in [0.15, 0.2) is 30.3 Å². The van der Waals surface area contributed by atoms with Gasteiger partial charge in [-0.2, -0.15) is 5.26 Å². The summed E-state index contributed by atoms with van der Waals surface area (Å²) in [4.78, 5) is 0. The summed E-state index contributed by atoms with van der Waals surface area (Å²) >= 11 is 0. The van der Waals surface area contributed by atoms with Crippen LogP contribution in [0.2, 0.25) is 0 Å². The molecule has 0 fully saturated rings. The number of hydrogen-bond acceptors (Lipinski definition) is 1. The van der Waals surface area contributed by atoms with E-state index >= 15 is 0 Å². The van der Waals surface area contributed by atoms with E-state index in [0.29, 0.717) is 0 Å². The van der Waals surface area contributed by atoms with Crippen LogP contribution < -0.4 is 0 Å². The molecule has 0 bridgehead atoms. The highest BCUT2D eigenvalue weighted by Crippen LogP contribution is 2.14. The first kappa shape index (κ1) is 9.54. The number of rotatable bonds is 2. The normalized spacial score (nSPS) is 11.0. The quantitative estimate of drug-likeness (QED) is 0.627. The van der Waals surface area contributed by atoms with Gasteiger partial charge in [-0.3, -0.25) is 0 Å². The lowest BCUT2D eigenvalue weighted by Gasteiger charge is -1.99. The number of nitriles is 1. The molecule has 0 heterocycles. The maximum atomic E-state index is 8.79. The van der Waals surface area contributed by atoms with Crippen molar-refractivity contribution in [3.05, 3.63) is 41.5 Å². The van der Waals surface area contributed by atoms with Crippen LogP contribution in [0.1, 0.15) is 25.0 Å².